The second-order valence-corrected chi connectivity index (χ2v) is 6.96. The lowest BCUT2D eigenvalue weighted by Crippen LogP contribution is -2.36. The van der Waals surface area contributed by atoms with Gasteiger partial charge in [-0.3, -0.25) is 0 Å². The van der Waals surface area contributed by atoms with Gasteiger partial charge < -0.3 is 15.0 Å². The Labute approximate surface area is 132 Å². The molecular formula is C14H19BrFN3O2. The average molecular weight is 360 g/mol. The number of likely N-dealkylation sites (tertiary alicyclic amines) is 1. The second-order valence-electron chi connectivity index (χ2n) is 6.04. The van der Waals surface area contributed by atoms with E-state index in [1.54, 1.807) is 4.90 Å². The van der Waals surface area contributed by atoms with Gasteiger partial charge in [-0.2, -0.15) is 0 Å². The standard InChI is InChI=1S/C14H19BrFN3O2/c1-14(2,3)21-13(20)19-5-4-10(8-19)18-12-11(16)6-9(15)7-17-12/h6-7,10H,4-5,8H2,1-3H3,(H,17,18). The van der Waals surface area contributed by atoms with Crippen molar-refractivity contribution in [3.05, 3.63) is 22.6 Å². The van der Waals surface area contributed by atoms with Crippen molar-refractivity contribution < 1.29 is 13.9 Å². The van der Waals surface area contributed by atoms with Crippen LogP contribution in [0.4, 0.5) is 15.0 Å². The largest absolute Gasteiger partial charge is 0.444 e. The number of nitrogens with one attached hydrogen (secondary N) is 1. The Hall–Kier alpha value is -1.37. The van der Waals surface area contributed by atoms with Crippen molar-refractivity contribution in [2.24, 2.45) is 0 Å². The van der Waals surface area contributed by atoms with Gasteiger partial charge in [0.25, 0.3) is 0 Å². The highest BCUT2D eigenvalue weighted by molar-refractivity contribution is 9.10. The van der Waals surface area contributed by atoms with E-state index in [0.29, 0.717) is 17.6 Å². The van der Waals surface area contributed by atoms with Crippen LogP contribution in [0.15, 0.2) is 16.7 Å². The van der Waals surface area contributed by atoms with Crippen LogP contribution in [0, 0.1) is 5.82 Å². The summed E-state index contributed by atoms with van der Waals surface area (Å²) in [6, 6.07) is 1.33. The number of rotatable bonds is 2. The SMILES string of the molecule is CC(C)(C)OC(=O)N1CCC(Nc2ncc(Br)cc2F)C1. The molecule has 1 aromatic heterocycles. The molecule has 2 rings (SSSR count). The van der Waals surface area contributed by atoms with Gasteiger partial charge in [0.2, 0.25) is 0 Å². The third kappa shape index (κ3) is 4.56. The Morgan fingerprint density at radius 2 is 2.29 bits per heavy atom. The number of halogens is 2. The normalized spacial score (nSPS) is 18.7. The highest BCUT2D eigenvalue weighted by Crippen LogP contribution is 2.21. The number of hydrogen-bond donors (Lipinski definition) is 1. The van der Waals surface area contributed by atoms with Gasteiger partial charge in [0.05, 0.1) is 0 Å². The molecule has 0 bridgehead atoms. The molecule has 2 heterocycles. The Balaban J connectivity index is 1.92. The summed E-state index contributed by atoms with van der Waals surface area (Å²) in [7, 11) is 0. The number of carbonyl (C=O) groups is 1. The van der Waals surface area contributed by atoms with Gasteiger partial charge in [-0.25, -0.2) is 14.2 Å². The molecule has 1 fully saturated rings. The van der Waals surface area contributed by atoms with Crippen LogP contribution in [0.1, 0.15) is 27.2 Å². The molecule has 1 atom stereocenters. The monoisotopic (exact) mass is 359 g/mol. The number of anilines is 1. The summed E-state index contributed by atoms with van der Waals surface area (Å²) in [6.45, 7) is 6.56. The minimum atomic E-state index is -0.512. The predicted octanol–water partition coefficient (Wildman–Crippen LogP) is 3.40. The van der Waals surface area contributed by atoms with Crippen LogP contribution in [-0.4, -0.2) is 40.7 Å². The van der Waals surface area contributed by atoms with Crippen molar-refractivity contribution in [2.45, 2.75) is 38.8 Å². The topological polar surface area (TPSA) is 54.5 Å². The molecule has 0 saturated carbocycles. The molecule has 1 amide bonds. The van der Waals surface area contributed by atoms with Gasteiger partial charge in [0, 0.05) is 29.8 Å². The molecule has 21 heavy (non-hydrogen) atoms. The van der Waals surface area contributed by atoms with Gasteiger partial charge in [-0.1, -0.05) is 0 Å². The van der Waals surface area contributed by atoms with E-state index in [4.69, 9.17) is 4.74 Å². The fourth-order valence-electron chi connectivity index (χ4n) is 2.08. The molecule has 0 aromatic carbocycles. The van der Waals surface area contributed by atoms with Crippen LogP contribution >= 0.6 is 15.9 Å². The number of aromatic nitrogens is 1. The summed E-state index contributed by atoms with van der Waals surface area (Å²) in [5.74, 6) is -0.214. The van der Waals surface area contributed by atoms with Crippen LogP contribution in [0.2, 0.25) is 0 Å². The molecule has 0 spiro atoms. The summed E-state index contributed by atoms with van der Waals surface area (Å²) in [5, 5.41) is 3.03. The number of ether oxygens (including phenoxy) is 1. The molecule has 1 saturated heterocycles. The maximum Gasteiger partial charge on any atom is 0.410 e. The summed E-state index contributed by atoms with van der Waals surface area (Å²) >= 11 is 3.17. The maximum absolute atomic E-state index is 13.7. The molecule has 0 aliphatic carbocycles. The molecule has 116 valence electrons. The first kappa shape index (κ1) is 16.0. The lowest BCUT2D eigenvalue weighted by Gasteiger charge is -2.24. The van der Waals surface area contributed by atoms with E-state index in [0.717, 1.165) is 6.42 Å². The first-order valence-electron chi connectivity index (χ1n) is 6.80. The number of nitrogens with zero attached hydrogens (tertiary/aromatic N) is 2. The average Bonchev–Trinajstić information content (AvgIpc) is 2.79. The molecule has 1 aromatic rings. The van der Waals surface area contributed by atoms with Gasteiger partial charge in [0.15, 0.2) is 11.6 Å². The quantitative estimate of drug-likeness (QED) is 0.878. The zero-order chi connectivity index (χ0) is 15.6. The summed E-state index contributed by atoms with van der Waals surface area (Å²) < 4.78 is 19.6. The maximum atomic E-state index is 13.7. The zero-order valence-corrected chi connectivity index (χ0v) is 13.9. The Kier molecular flexibility index (Phi) is 4.70. The molecule has 1 aliphatic heterocycles. The first-order valence-corrected chi connectivity index (χ1v) is 7.59. The van der Waals surface area contributed by atoms with E-state index in [1.165, 1.54) is 12.3 Å². The van der Waals surface area contributed by atoms with E-state index in [2.05, 4.69) is 26.2 Å². The van der Waals surface area contributed by atoms with Crippen LogP contribution < -0.4 is 5.32 Å². The van der Waals surface area contributed by atoms with Gasteiger partial charge >= 0.3 is 6.09 Å². The molecule has 0 radical (unpaired) electrons. The lowest BCUT2D eigenvalue weighted by molar-refractivity contribution is 0.0293. The third-order valence-corrected chi connectivity index (χ3v) is 3.42. The number of pyridine rings is 1. The molecule has 1 N–H and O–H groups in total. The van der Waals surface area contributed by atoms with Crippen molar-refractivity contribution in [1.29, 1.82) is 0 Å². The number of amides is 1. The van der Waals surface area contributed by atoms with Gasteiger partial charge in [0.1, 0.15) is 5.60 Å². The number of hydrogen-bond acceptors (Lipinski definition) is 4. The van der Waals surface area contributed by atoms with E-state index >= 15 is 0 Å². The van der Waals surface area contributed by atoms with Crippen LogP contribution in [0.5, 0.6) is 0 Å². The van der Waals surface area contributed by atoms with Crippen molar-refractivity contribution in [3.8, 4) is 0 Å². The second kappa shape index (κ2) is 6.17. The molecule has 7 heteroatoms. The summed E-state index contributed by atoms with van der Waals surface area (Å²) in [4.78, 5) is 17.6. The molecule has 1 unspecified atom stereocenters. The summed E-state index contributed by atoms with van der Waals surface area (Å²) in [6.07, 6.45) is 1.93. The van der Waals surface area contributed by atoms with Crippen LogP contribution in [-0.2, 0) is 4.74 Å². The highest BCUT2D eigenvalue weighted by Gasteiger charge is 2.30. The number of carbonyl (C=O) groups excluding carboxylic acids is 1. The van der Waals surface area contributed by atoms with Gasteiger partial charge in [-0.15, -0.1) is 0 Å². The van der Waals surface area contributed by atoms with E-state index in [9.17, 15) is 9.18 Å². The highest BCUT2D eigenvalue weighted by atomic mass is 79.9. The van der Waals surface area contributed by atoms with E-state index in [-0.39, 0.29) is 18.0 Å². The third-order valence-electron chi connectivity index (χ3n) is 2.99. The van der Waals surface area contributed by atoms with Crippen molar-refractivity contribution >= 4 is 27.8 Å². The minimum absolute atomic E-state index is 0.0271. The van der Waals surface area contributed by atoms with Crippen molar-refractivity contribution in [3.63, 3.8) is 0 Å². The molecular weight excluding hydrogens is 341 g/mol. The molecule has 1 aliphatic rings. The zero-order valence-electron chi connectivity index (χ0n) is 12.3. The Morgan fingerprint density at radius 3 is 2.90 bits per heavy atom. The van der Waals surface area contributed by atoms with E-state index in [1.807, 2.05) is 20.8 Å². The predicted molar refractivity (Wildman–Crippen MR) is 81.7 cm³/mol. The van der Waals surface area contributed by atoms with Crippen molar-refractivity contribution in [1.82, 2.24) is 9.88 Å². The molecule has 5 nitrogen and oxygen atoms in total. The van der Waals surface area contributed by atoms with Gasteiger partial charge in [-0.05, 0) is 49.2 Å². The Bertz CT molecular complexity index is 533. The van der Waals surface area contributed by atoms with E-state index < -0.39 is 11.4 Å². The Morgan fingerprint density at radius 1 is 1.57 bits per heavy atom. The lowest BCUT2D eigenvalue weighted by atomic mass is 10.2. The smallest absolute Gasteiger partial charge is 0.410 e. The van der Waals surface area contributed by atoms with Crippen LogP contribution in [0.3, 0.4) is 0 Å². The van der Waals surface area contributed by atoms with Crippen LogP contribution in [0.25, 0.3) is 0 Å². The van der Waals surface area contributed by atoms with Crippen molar-refractivity contribution in [2.75, 3.05) is 18.4 Å². The minimum Gasteiger partial charge on any atom is -0.444 e. The fraction of sp³-hybridized carbons (Fsp3) is 0.571. The fourth-order valence-corrected chi connectivity index (χ4v) is 2.39. The first-order chi connectivity index (χ1) is 9.74. The summed E-state index contributed by atoms with van der Waals surface area (Å²) in [5.41, 5.74) is -0.512.